The third-order valence-electron chi connectivity index (χ3n) is 5.47. The van der Waals surface area contributed by atoms with E-state index in [-0.39, 0.29) is 11.3 Å². The molecule has 0 aromatic heterocycles. The maximum absolute atomic E-state index is 13.1. The van der Waals surface area contributed by atoms with Crippen LogP contribution < -0.4 is 4.74 Å². The Bertz CT molecular complexity index is 1080. The summed E-state index contributed by atoms with van der Waals surface area (Å²) in [7, 11) is 5.44. The molecule has 0 spiro atoms. The molecule has 0 aliphatic carbocycles. The number of aliphatic hydroxyl groups is 1. The number of ketones is 1. The molecule has 1 N–H and O–H groups in total. The number of benzene rings is 2. The fourth-order valence-electron chi connectivity index (χ4n) is 3.90. The molecule has 1 atom stereocenters. The molecule has 0 saturated carbocycles. The van der Waals surface area contributed by atoms with E-state index in [0.29, 0.717) is 39.9 Å². The first-order valence-electron chi connectivity index (χ1n) is 10.2. The van der Waals surface area contributed by atoms with Crippen LogP contribution in [0.2, 0.25) is 10.0 Å². The Labute approximate surface area is 198 Å². The van der Waals surface area contributed by atoms with E-state index in [0.717, 1.165) is 12.1 Å². The zero-order chi connectivity index (χ0) is 23.6. The van der Waals surface area contributed by atoms with Gasteiger partial charge in [0.2, 0.25) is 0 Å². The molecule has 8 heteroatoms. The highest BCUT2D eigenvalue weighted by Gasteiger charge is 2.46. The third-order valence-corrected chi connectivity index (χ3v) is 6.03. The highest BCUT2D eigenvalue weighted by Crippen LogP contribution is 2.42. The maximum Gasteiger partial charge on any atom is 0.295 e. The van der Waals surface area contributed by atoms with Crippen LogP contribution in [-0.4, -0.2) is 60.9 Å². The summed E-state index contributed by atoms with van der Waals surface area (Å²) >= 11 is 12.5. The van der Waals surface area contributed by atoms with Crippen molar-refractivity contribution in [2.45, 2.75) is 19.4 Å². The number of nitrogens with zero attached hydrogens (tertiary/aromatic N) is 2. The van der Waals surface area contributed by atoms with E-state index in [1.165, 1.54) is 4.90 Å². The van der Waals surface area contributed by atoms with Gasteiger partial charge in [0.15, 0.2) is 0 Å². The van der Waals surface area contributed by atoms with Crippen LogP contribution in [0.3, 0.4) is 0 Å². The molecule has 1 aliphatic heterocycles. The van der Waals surface area contributed by atoms with Crippen molar-refractivity contribution in [3.63, 3.8) is 0 Å². The minimum Gasteiger partial charge on any atom is -0.507 e. The molecule has 0 unspecified atom stereocenters. The van der Waals surface area contributed by atoms with Gasteiger partial charge in [0.25, 0.3) is 11.7 Å². The summed E-state index contributed by atoms with van der Waals surface area (Å²) in [6, 6.07) is 9.17. The molecule has 1 fully saturated rings. The summed E-state index contributed by atoms with van der Waals surface area (Å²) in [5.74, 6) is -0.994. The molecule has 1 saturated heterocycles. The molecule has 1 aliphatic rings. The van der Waals surface area contributed by atoms with Gasteiger partial charge in [-0.3, -0.25) is 9.59 Å². The first kappa shape index (κ1) is 24.1. The topological polar surface area (TPSA) is 70.1 Å². The molecular formula is C24H26Cl2N2O4. The van der Waals surface area contributed by atoms with E-state index < -0.39 is 17.7 Å². The van der Waals surface area contributed by atoms with E-state index >= 15 is 0 Å². The van der Waals surface area contributed by atoms with Gasteiger partial charge in [-0.05, 0) is 75.4 Å². The number of halogens is 2. The zero-order valence-corrected chi connectivity index (χ0v) is 20.0. The molecule has 1 amide bonds. The maximum atomic E-state index is 13.1. The molecule has 6 nitrogen and oxygen atoms in total. The Morgan fingerprint density at radius 2 is 1.88 bits per heavy atom. The minimum atomic E-state index is -0.815. The van der Waals surface area contributed by atoms with Crippen LogP contribution in [0.15, 0.2) is 42.0 Å². The molecule has 1 heterocycles. The van der Waals surface area contributed by atoms with Gasteiger partial charge in [0.05, 0.1) is 18.7 Å². The smallest absolute Gasteiger partial charge is 0.295 e. The second-order valence-corrected chi connectivity index (χ2v) is 8.84. The number of carbonyl (C=O) groups is 2. The minimum absolute atomic E-state index is 0.00800. The number of carbonyl (C=O) groups excluding carboxylic acids is 2. The highest BCUT2D eigenvalue weighted by atomic mass is 35.5. The van der Waals surface area contributed by atoms with Crippen molar-refractivity contribution < 1.29 is 19.4 Å². The first-order valence-corrected chi connectivity index (χ1v) is 10.9. The molecule has 0 radical (unpaired) electrons. The van der Waals surface area contributed by atoms with Crippen LogP contribution in [0.1, 0.15) is 29.2 Å². The second kappa shape index (κ2) is 9.94. The first-order chi connectivity index (χ1) is 15.1. The van der Waals surface area contributed by atoms with Crippen molar-refractivity contribution in [1.82, 2.24) is 9.80 Å². The van der Waals surface area contributed by atoms with E-state index in [1.54, 1.807) is 43.5 Å². The van der Waals surface area contributed by atoms with E-state index in [4.69, 9.17) is 27.9 Å². The number of likely N-dealkylation sites (tertiary alicyclic amines) is 1. The summed E-state index contributed by atoms with van der Waals surface area (Å²) in [6.45, 7) is 2.91. The Kier molecular flexibility index (Phi) is 7.49. The molecular weight excluding hydrogens is 451 g/mol. The third kappa shape index (κ3) is 4.77. The highest BCUT2D eigenvalue weighted by molar-refractivity contribution is 6.47. The summed E-state index contributed by atoms with van der Waals surface area (Å²) in [4.78, 5) is 29.5. The quantitative estimate of drug-likeness (QED) is 0.356. The zero-order valence-electron chi connectivity index (χ0n) is 18.5. The second-order valence-electron chi connectivity index (χ2n) is 8.00. The number of aryl methyl sites for hydroxylation is 1. The predicted molar refractivity (Wildman–Crippen MR) is 126 cm³/mol. The number of hydrogen-bond acceptors (Lipinski definition) is 5. The Balaban J connectivity index is 2.15. The lowest BCUT2D eigenvalue weighted by Gasteiger charge is -2.26. The lowest BCUT2D eigenvalue weighted by Crippen LogP contribution is -2.32. The van der Waals surface area contributed by atoms with Gasteiger partial charge in [-0.2, -0.15) is 0 Å². The van der Waals surface area contributed by atoms with Crippen LogP contribution in [0.25, 0.3) is 5.76 Å². The number of Topliss-reactive ketones (excluding diaryl/α,β-unsaturated/α-hetero) is 1. The number of rotatable bonds is 7. The average molecular weight is 477 g/mol. The van der Waals surface area contributed by atoms with Gasteiger partial charge in [-0.25, -0.2) is 0 Å². The summed E-state index contributed by atoms with van der Waals surface area (Å²) in [5, 5.41) is 11.9. The average Bonchev–Trinajstić information content (AvgIpc) is 2.98. The fraction of sp³-hybridized carbons (Fsp3) is 0.333. The van der Waals surface area contributed by atoms with Gasteiger partial charge in [0.1, 0.15) is 11.5 Å². The van der Waals surface area contributed by atoms with E-state index in [2.05, 4.69) is 0 Å². The number of amides is 1. The Hall–Kier alpha value is -2.54. The van der Waals surface area contributed by atoms with Crippen molar-refractivity contribution in [2.75, 3.05) is 34.3 Å². The number of hydrogen-bond donors (Lipinski definition) is 1. The molecule has 3 rings (SSSR count). The molecule has 2 aromatic carbocycles. The normalized spacial score (nSPS) is 18.0. The summed E-state index contributed by atoms with van der Waals surface area (Å²) in [5.41, 5.74) is 1.75. The van der Waals surface area contributed by atoms with E-state index in [9.17, 15) is 14.7 Å². The standard InChI is InChI=1S/C24H26Cl2N2O4/c1-14-12-15(6-9-19(14)32-4)22(29)20-21(17-8-7-16(25)13-18(17)26)28(24(31)23(20)30)11-5-10-27(2)3/h6-9,12-13,21,29H,5,10-11H2,1-4H3/b22-20+/t21-/m1/s1. The molecule has 32 heavy (non-hydrogen) atoms. The lowest BCUT2D eigenvalue weighted by molar-refractivity contribution is -0.139. The van der Waals surface area contributed by atoms with Crippen molar-refractivity contribution >= 4 is 40.7 Å². The van der Waals surface area contributed by atoms with Crippen molar-refractivity contribution in [1.29, 1.82) is 0 Å². The number of aliphatic hydroxyl groups excluding tert-OH is 1. The number of ether oxygens (including phenoxy) is 1. The summed E-state index contributed by atoms with van der Waals surface area (Å²) in [6.07, 6.45) is 0.656. The number of methoxy groups -OCH3 is 1. The Morgan fingerprint density at radius 1 is 1.16 bits per heavy atom. The predicted octanol–water partition coefficient (Wildman–Crippen LogP) is 4.68. The van der Waals surface area contributed by atoms with Crippen LogP contribution in [0, 0.1) is 6.92 Å². The van der Waals surface area contributed by atoms with Crippen molar-refractivity contribution in [2.24, 2.45) is 0 Å². The van der Waals surface area contributed by atoms with Gasteiger partial charge in [0, 0.05) is 22.2 Å². The van der Waals surface area contributed by atoms with Gasteiger partial charge < -0.3 is 19.6 Å². The molecule has 170 valence electrons. The Morgan fingerprint density at radius 3 is 2.47 bits per heavy atom. The van der Waals surface area contributed by atoms with Crippen LogP contribution >= 0.6 is 23.2 Å². The summed E-state index contributed by atoms with van der Waals surface area (Å²) < 4.78 is 5.28. The monoisotopic (exact) mass is 476 g/mol. The van der Waals surface area contributed by atoms with Crippen LogP contribution in [0.5, 0.6) is 5.75 Å². The van der Waals surface area contributed by atoms with Gasteiger partial charge in [-0.15, -0.1) is 0 Å². The van der Waals surface area contributed by atoms with Crippen molar-refractivity contribution in [3.8, 4) is 5.75 Å². The van der Waals surface area contributed by atoms with Crippen LogP contribution in [0.4, 0.5) is 0 Å². The van der Waals surface area contributed by atoms with Crippen LogP contribution in [-0.2, 0) is 9.59 Å². The van der Waals surface area contributed by atoms with Gasteiger partial charge in [-0.1, -0.05) is 29.3 Å². The van der Waals surface area contributed by atoms with E-state index in [1.807, 2.05) is 25.9 Å². The fourth-order valence-corrected chi connectivity index (χ4v) is 4.41. The lowest BCUT2D eigenvalue weighted by atomic mass is 9.94. The molecule has 0 bridgehead atoms. The van der Waals surface area contributed by atoms with Gasteiger partial charge >= 0.3 is 0 Å². The SMILES string of the molecule is COc1ccc(/C(O)=C2\C(=O)C(=O)N(CCCN(C)C)[C@@H]2c2ccc(Cl)cc2Cl)cc1C. The van der Waals surface area contributed by atoms with Crippen molar-refractivity contribution in [3.05, 3.63) is 68.7 Å². The molecule has 2 aromatic rings. The largest absolute Gasteiger partial charge is 0.507 e.